The summed E-state index contributed by atoms with van der Waals surface area (Å²) < 4.78 is 11.5. The summed E-state index contributed by atoms with van der Waals surface area (Å²) in [7, 11) is 0. The van der Waals surface area contributed by atoms with Crippen molar-refractivity contribution in [3.05, 3.63) is 64.4 Å². The minimum Gasteiger partial charge on any atom is -0.488 e. The van der Waals surface area contributed by atoms with Crippen molar-refractivity contribution in [2.24, 2.45) is 0 Å². The van der Waals surface area contributed by atoms with Crippen LogP contribution in [0.5, 0.6) is 5.75 Å². The van der Waals surface area contributed by atoms with Crippen molar-refractivity contribution in [3.8, 4) is 16.3 Å². The Labute approximate surface area is 180 Å². The Morgan fingerprint density at radius 2 is 2.10 bits per heavy atom. The molecule has 1 amide bonds. The molecule has 3 heterocycles. The lowest BCUT2D eigenvalue weighted by Gasteiger charge is -2.16. The van der Waals surface area contributed by atoms with E-state index in [1.54, 1.807) is 23.6 Å². The number of rotatable bonds is 6. The van der Waals surface area contributed by atoms with Gasteiger partial charge in [0.05, 0.1) is 24.9 Å². The minimum atomic E-state index is -0.212. The van der Waals surface area contributed by atoms with Gasteiger partial charge in [0.15, 0.2) is 0 Å². The van der Waals surface area contributed by atoms with E-state index in [9.17, 15) is 4.79 Å². The van der Waals surface area contributed by atoms with E-state index in [-0.39, 0.29) is 18.1 Å². The molecule has 1 N–H and O–H groups in total. The summed E-state index contributed by atoms with van der Waals surface area (Å²) in [6.07, 6.45) is 4.49. The van der Waals surface area contributed by atoms with Gasteiger partial charge in [0.2, 0.25) is 0 Å². The number of hydrogen-bond donors (Lipinski definition) is 1. The fourth-order valence-electron chi connectivity index (χ4n) is 3.30. The van der Waals surface area contributed by atoms with Gasteiger partial charge < -0.3 is 14.8 Å². The quantitative estimate of drug-likeness (QED) is 0.633. The molecule has 0 saturated carbocycles. The molecule has 2 atom stereocenters. The van der Waals surface area contributed by atoms with Gasteiger partial charge in [-0.15, -0.1) is 11.3 Å². The van der Waals surface area contributed by atoms with E-state index < -0.39 is 0 Å². The number of amides is 1. The number of hydrogen-bond acceptors (Lipinski definition) is 6. The average molecular weight is 424 g/mol. The molecule has 6 nitrogen and oxygen atoms in total. The van der Waals surface area contributed by atoms with Gasteiger partial charge in [-0.3, -0.25) is 9.78 Å². The van der Waals surface area contributed by atoms with Gasteiger partial charge in [-0.2, -0.15) is 0 Å². The molecule has 3 aromatic rings. The van der Waals surface area contributed by atoms with Crippen LogP contribution in [0.1, 0.15) is 45.9 Å². The molecular formula is C23H25N3O3S. The molecule has 156 valence electrons. The van der Waals surface area contributed by atoms with E-state index in [4.69, 9.17) is 9.47 Å². The summed E-state index contributed by atoms with van der Waals surface area (Å²) in [4.78, 5) is 23.0. The molecule has 4 rings (SSSR count). The number of aromatic nitrogens is 2. The first-order valence-corrected chi connectivity index (χ1v) is 10.9. The molecular weight excluding hydrogens is 398 g/mol. The third-order valence-corrected chi connectivity index (χ3v) is 5.91. The molecule has 0 radical (unpaired) electrons. The molecule has 30 heavy (non-hydrogen) atoms. The maximum absolute atomic E-state index is 13.0. The number of benzene rings is 1. The van der Waals surface area contributed by atoms with Crippen molar-refractivity contribution in [2.45, 2.75) is 39.3 Å². The fourth-order valence-corrected chi connectivity index (χ4v) is 4.05. The summed E-state index contributed by atoms with van der Waals surface area (Å²) in [5, 5.41) is 3.90. The number of nitrogens with zero attached hydrogens (tertiary/aromatic N) is 2. The predicted octanol–water partition coefficient (Wildman–Crippen LogP) is 4.48. The van der Waals surface area contributed by atoms with E-state index >= 15 is 0 Å². The summed E-state index contributed by atoms with van der Waals surface area (Å²) in [6.45, 7) is 7.20. The average Bonchev–Trinajstić information content (AvgIpc) is 3.40. The smallest absolute Gasteiger partial charge is 0.251 e. The molecule has 2 aromatic heterocycles. The van der Waals surface area contributed by atoms with Gasteiger partial charge in [-0.25, -0.2) is 4.98 Å². The number of pyridine rings is 1. The van der Waals surface area contributed by atoms with Crippen LogP contribution in [-0.4, -0.2) is 35.2 Å². The number of aryl methyl sites for hydroxylation is 2. The number of carbonyl (C=O) groups is 1. The van der Waals surface area contributed by atoms with Crippen molar-refractivity contribution in [1.29, 1.82) is 0 Å². The van der Waals surface area contributed by atoms with Crippen LogP contribution >= 0.6 is 11.3 Å². The standard InChI is InChI=1S/C23H25N3O3S/c1-14-4-5-21(24-11-14)16(3)26-22(27)17-8-18(23-25-12-15(2)30-23)10-20(9-17)29-19-6-7-28-13-19/h4-5,8-12,16,19H,6-7,13H2,1-3H3,(H,26,27)/t16-,19?/m1/s1. The van der Waals surface area contributed by atoms with Crippen LogP contribution in [-0.2, 0) is 4.74 Å². The fraction of sp³-hybridized carbons (Fsp3) is 0.348. The highest BCUT2D eigenvalue weighted by atomic mass is 32.1. The second-order valence-electron chi connectivity index (χ2n) is 7.58. The van der Waals surface area contributed by atoms with E-state index in [0.29, 0.717) is 24.5 Å². The molecule has 0 bridgehead atoms. The Bertz CT molecular complexity index is 1030. The Morgan fingerprint density at radius 3 is 2.77 bits per heavy atom. The van der Waals surface area contributed by atoms with Crippen LogP contribution in [0.4, 0.5) is 0 Å². The van der Waals surface area contributed by atoms with E-state index in [0.717, 1.165) is 33.1 Å². The molecule has 1 unspecified atom stereocenters. The molecule has 7 heteroatoms. The van der Waals surface area contributed by atoms with Crippen LogP contribution in [0.3, 0.4) is 0 Å². The molecule has 1 fully saturated rings. The molecule has 1 aliphatic heterocycles. The number of nitrogens with one attached hydrogen (secondary N) is 1. The Kier molecular flexibility index (Phi) is 6.11. The van der Waals surface area contributed by atoms with Crippen molar-refractivity contribution in [1.82, 2.24) is 15.3 Å². The van der Waals surface area contributed by atoms with Gasteiger partial charge in [-0.1, -0.05) is 6.07 Å². The SMILES string of the molecule is Cc1ccc([C@@H](C)NC(=O)c2cc(OC3CCOC3)cc(-c3ncc(C)s3)c2)nc1. The Morgan fingerprint density at radius 1 is 1.23 bits per heavy atom. The lowest BCUT2D eigenvalue weighted by Crippen LogP contribution is -2.27. The first-order chi connectivity index (χ1) is 14.5. The zero-order valence-electron chi connectivity index (χ0n) is 17.3. The predicted molar refractivity (Wildman–Crippen MR) is 117 cm³/mol. The monoisotopic (exact) mass is 423 g/mol. The van der Waals surface area contributed by atoms with Gasteiger partial charge in [0, 0.05) is 34.8 Å². The van der Waals surface area contributed by atoms with Crippen LogP contribution in [0.25, 0.3) is 10.6 Å². The Balaban J connectivity index is 1.59. The maximum Gasteiger partial charge on any atom is 0.251 e. The first-order valence-electron chi connectivity index (χ1n) is 10.0. The summed E-state index contributed by atoms with van der Waals surface area (Å²) in [6, 6.07) is 9.30. The van der Waals surface area contributed by atoms with Gasteiger partial charge >= 0.3 is 0 Å². The normalized spacial score (nSPS) is 17.0. The van der Waals surface area contributed by atoms with Crippen molar-refractivity contribution in [2.75, 3.05) is 13.2 Å². The van der Waals surface area contributed by atoms with Gasteiger partial charge in [0.25, 0.3) is 5.91 Å². The molecule has 1 saturated heterocycles. The van der Waals surface area contributed by atoms with Gasteiger partial charge in [-0.05, 0) is 50.6 Å². The van der Waals surface area contributed by atoms with Gasteiger partial charge in [0.1, 0.15) is 16.9 Å². The second kappa shape index (κ2) is 8.93. The number of ether oxygens (including phenoxy) is 2. The van der Waals surface area contributed by atoms with E-state index in [1.165, 1.54) is 0 Å². The van der Waals surface area contributed by atoms with Crippen LogP contribution < -0.4 is 10.1 Å². The zero-order chi connectivity index (χ0) is 21.1. The van der Waals surface area contributed by atoms with Crippen molar-refractivity contribution >= 4 is 17.2 Å². The van der Waals surface area contributed by atoms with Crippen LogP contribution in [0, 0.1) is 13.8 Å². The summed E-state index contributed by atoms with van der Waals surface area (Å²) in [5.74, 6) is 0.481. The molecule has 1 aliphatic rings. The van der Waals surface area contributed by atoms with Crippen molar-refractivity contribution < 1.29 is 14.3 Å². The highest BCUT2D eigenvalue weighted by Gasteiger charge is 2.20. The molecule has 0 spiro atoms. The second-order valence-corrected chi connectivity index (χ2v) is 8.82. The zero-order valence-corrected chi connectivity index (χ0v) is 18.2. The van der Waals surface area contributed by atoms with Crippen LogP contribution in [0.2, 0.25) is 0 Å². The van der Waals surface area contributed by atoms with Crippen molar-refractivity contribution in [3.63, 3.8) is 0 Å². The maximum atomic E-state index is 13.0. The minimum absolute atomic E-state index is 0.00451. The highest BCUT2D eigenvalue weighted by molar-refractivity contribution is 7.14. The third kappa shape index (κ3) is 4.86. The van der Waals surface area contributed by atoms with E-state index in [2.05, 4.69) is 15.3 Å². The highest BCUT2D eigenvalue weighted by Crippen LogP contribution is 2.30. The topological polar surface area (TPSA) is 73.3 Å². The lowest BCUT2D eigenvalue weighted by atomic mass is 10.1. The lowest BCUT2D eigenvalue weighted by molar-refractivity contribution is 0.0938. The first kappa shape index (κ1) is 20.5. The molecule has 1 aromatic carbocycles. The summed E-state index contributed by atoms with van der Waals surface area (Å²) in [5.41, 5.74) is 3.31. The molecule has 0 aliphatic carbocycles. The van der Waals surface area contributed by atoms with Crippen LogP contribution in [0.15, 0.2) is 42.7 Å². The Hall–Kier alpha value is -2.77. The summed E-state index contributed by atoms with van der Waals surface area (Å²) >= 11 is 1.59. The number of carbonyl (C=O) groups excluding carboxylic acids is 1. The third-order valence-electron chi connectivity index (χ3n) is 4.95. The van der Waals surface area contributed by atoms with E-state index in [1.807, 2.05) is 51.2 Å². The largest absolute Gasteiger partial charge is 0.488 e. The number of thiazole rings is 1.